The van der Waals surface area contributed by atoms with Crippen molar-refractivity contribution in [2.24, 2.45) is 5.92 Å². The second-order valence-electron chi connectivity index (χ2n) is 7.35. The first-order chi connectivity index (χ1) is 14.1. The Morgan fingerprint density at radius 3 is 2.69 bits per heavy atom. The summed E-state index contributed by atoms with van der Waals surface area (Å²) in [6.07, 6.45) is 2.80. The monoisotopic (exact) mass is 395 g/mol. The van der Waals surface area contributed by atoms with E-state index >= 15 is 0 Å². The summed E-state index contributed by atoms with van der Waals surface area (Å²) in [5.41, 5.74) is 0. The zero-order valence-corrected chi connectivity index (χ0v) is 16.5. The second kappa shape index (κ2) is 8.42. The number of pyridine rings is 1. The van der Waals surface area contributed by atoms with Crippen LogP contribution in [0, 0.1) is 12.8 Å². The van der Waals surface area contributed by atoms with Gasteiger partial charge in [0, 0.05) is 51.4 Å². The van der Waals surface area contributed by atoms with Crippen LogP contribution in [0.2, 0.25) is 0 Å². The third kappa shape index (κ3) is 4.61. The van der Waals surface area contributed by atoms with Crippen molar-refractivity contribution in [1.29, 1.82) is 0 Å². The molecule has 2 fully saturated rings. The van der Waals surface area contributed by atoms with Gasteiger partial charge in [-0.1, -0.05) is 6.07 Å². The van der Waals surface area contributed by atoms with Crippen LogP contribution in [0.3, 0.4) is 0 Å². The highest BCUT2D eigenvalue weighted by Crippen LogP contribution is 2.21. The maximum Gasteiger partial charge on any atom is 0.227 e. The van der Waals surface area contributed by atoms with E-state index < -0.39 is 0 Å². The fraction of sp³-hybridized carbons (Fsp3) is 0.450. The Hall–Kier alpha value is -3.23. The van der Waals surface area contributed by atoms with Crippen molar-refractivity contribution in [2.45, 2.75) is 19.8 Å². The molecule has 0 aliphatic carbocycles. The molecule has 1 unspecified atom stereocenters. The van der Waals surface area contributed by atoms with Crippen molar-refractivity contribution in [1.82, 2.24) is 25.2 Å². The summed E-state index contributed by atoms with van der Waals surface area (Å²) in [7, 11) is 0. The molecule has 9 heteroatoms. The average molecular weight is 395 g/mol. The Bertz CT molecular complexity index is 872. The molecule has 2 aromatic heterocycles. The maximum absolute atomic E-state index is 12.7. The minimum absolute atomic E-state index is 0.0353. The third-order valence-electron chi connectivity index (χ3n) is 5.28. The Morgan fingerprint density at radius 2 is 2.00 bits per heavy atom. The van der Waals surface area contributed by atoms with Crippen molar-refractivity contribution < 1.29 is 9.59 Å². The fourth-order valence-corrected chi connectivity index (χ4v) is 3.70. The molecular weight excluding hydrogens is 370 g/mol. The molecule has 2 aromatic rings. The molecule has 2 aliphatic heterocycles. The van der Waals surface area contributed by atoms with E-state index in [1.165, 1.54) is 0 Å². The number of amides is 2. The van der Waals surface area contributed by atoms with Gasteiger partial charge in [-0.25, -0.2) is 15.0 Å². The molecule has 4 heterocycles. The van der Waals surface area contributed by atoms with E-state index in [9.17, 15) is 9.59 Å². The lowest BCUT2D eigenvalue weighted by Gasteiger charge is -2.37. The van der Waals surface area contributed by atoms with E-state index in [-0.39, 0.29) is 17.7 Å². The Balaban J connectivity index is 1.38. The fourth-order valence-electron chi connectivity index (χ4n) is 3.70. The highest BCUT2D eigenvalue weighted by molar-refractivity contribution is 5.84. The van der Waals surface area contributed by atoms with Gasteiger partial charge >= 0.3 is 0 Å². The summed E-state index contributed by atoms with van der Waals surface area (Å²) in [5, 5.41) is 6.00. The zero-order valence-electron chi connectivity index (χ0n) is 16.5. The number of piperazine rings is 1. The first kappa shape index (κ1) is 19.1. The van der Waals surface area contributed by atoms with Crippen LogP contribution in [0.4, 0.5) is 17.5 Å². The number of hydrogen-bond donors (Lipinski definition) is 2. The van der Waals surface area contributed by atoms with E-state index in [1.54, 1.807) is 6.20 Å². The van der Waals surface area contributed by atoms with Gasteiger partial charge in [0.05, 0.1) is 5.92 Å². The SMILES string of the molecule is Cc1nc(Nc2ccccn2)cc(N2CCN(C(=O)C3CCC(=O)NC3)CC2)n1. The van der Waals surface area contributed by atoms with Gasteiger partial charge < -0.3 is 20.4 Å². The lowest BCUT2D eigenvalue weighted by atomic mass is 9.97. The highest BCUT2D eigenvalue weighted by atomic mass is 16.2. The summed E-state index contributed by atoms with van der Waals surface area (Å²) in [6, 6.07) is 7.58. The average Bonchev–Trinajstić information content (AvgIpc) is 2.74. The molecule has 0 bridgehead atoms. The standard InChI is InChI=1S/C20H25N7O2/c1-14-23-17(25-16-4-2-3-7-21-16)12-18(24-14)26-8-10-27(11-9-26)20(29)15-5-6-19(28)22-13-15/h2-4,7,12,15H,5-6,8-11,13H2,1H3,(H,22,28)(H,21,23,24,25). The minimum atomic E-state index is -0.102. The molecule has 1 atom stereocenters. The largest absolute Gasteiger partial charge is 0.355 e. The number of anilines is 3. The smallest absolute Gasteiger partial charge is 0.227 e. The zero-order chi connectivity index (χ0) is 20.2. The van der Waals surface area contributed by atoms with Crippen molar-refractivity contribution in [3.63, 3.8) is 0 Å². The number of rotatable bonds is 4. The number of nitrogens with one attached hydrogen (secondary N) is 2. The van der Waals surface area contributed by atoms with Gasteiger partial charge in [0.15, 0.2) is 0 Å². The quantitative estimate of drug-likeness (QED) is 0.799. The summed E-state index contributed by atoms with van der Waals surface area (Å²) in [5.74, 6) is 3.02. The lowest BCUT2D eigenvalue weighted by Crippen LogP contribution is -2.52. The van der Waals surface area contributed by atoms with Gasteiger partial charge in [0.25, 0.3) is 0 Å². The molecule has 152 valence electrons. The number of carbonyl (C=O) groups is 2. The van der Waals surface area contributed by atoms with Crippen molar-refractivity contribution in [3.8, 4) is 0 Å². The van der Waals surface area contributed by atoms with Crippen LogP contribution in [-0.4, -0.2) is 64.4 Å². The molecule has 4 rings (SSSR count). The van der Waals surface area contributed by atoms with E-state index in [0.717, 1.165) is 11.6 Å². The predicted octanol–water partition coefficient (Wildman–Crippen LogP) is 1.10. The van der Waals surface area contributed by atoms with Crippen LogP contribution >= 0.6 is 0 Å². The van der Waals surface area contributed by atoms with Gasteiger partial charge in [0.2, 0.25) is 11.8 Å². The van der Waals surface area contributed by atoms with Crippen molar-refractivity contribution in [2.75, 3.05) is 42.9 Å². The van der Waals surface area contributed by atoms with Crippen LogP contribution in [0.25, 0.3) is 0 Å². The molecule has 2 aliphatic rings. The highest BCUT2D eigenvalue weighted by Gasteiger charge is 2.30. The second-order valence-corrected chi connectivity index (χ2v) is 7.35. The molecule has 2 N–H and O–H groups in total. The molecule has 0 radical (unpaired) electrons. The number of piperidine rings is 1. The number of hydrogen-bond acceptors (Lipinski definition) is 7. The van der Waals surface area contributed by atoms with Gasteiger partial charge in [-0.2, -0.15) is 0 Å². The van der Waals surface area contributed by atoms with E-state index in [2.05, 4.69) is 30.5 Å². The van der Waals surface area contributed by atoms with Crippen molar-refractivity contribution >= 4 is 29.3 Å². The van der Waals surface area contributed by atoms with Crippen LogP contribution in [0.1, 0.15) is 18.7 Å². The van der Waals surface area contributed by atoms with Crippen LogP contribution in [-0.2, 0) is 9.59 Å². The number of aromatic nitrogens is 3. The summed E-state index contributed by atoms with van der Waals surface area (Å²) < 4.78 is 0. The maximum atomic E-state index is 12.7. The lowest BCUT2D eigenvalue weighted by molar-refractivity contribution is -0.137. The third-order valence-corrected chi connectivity index (χ3v) is 5.28. The molecule has 29 heavy (non-hydrogen) atoms. The van der Waals surface area contributed by atoms with Crippen molar-refractivity contribution in [3.05, 3.63) is 36.3 Å². The van der Waals surface area contributed by atoms with Crippen LogP contribution < -0.4 is 15.5 Å². The normalized spacial score (nSPS) is 19.6. The molecule has 0 aromatic carbocycles. The number of aryl methyl sites for hydroxylation is 1. The van der Waals surface area contributed by atoms with E-state index in [0.29, 0.717) is 57.2 Å². The molecule has 0 saturated carbocycles. The van der Waals surface area contributed by atoms with Crippen LogP contribution in [0.15, 0.2) is 30.5 Å². The molecule has 2 saturated heterocycles. The molecular formula is C20H25N7O2. The van der Waals surface area contributed by atoms with Crippen LogP contribution in [0.5, 0.6) is 0 Å². The van der Waals surface area contributed by atoms with Gasteiger partial charge in [-0.3, -0.25) is 9.59 Å². The number of nitrogens with zero attached hydrogens (tertiary/aromatic N) is 5. The first-order valence-corrected chi connectivity index (χ1v) is 9.92. The Kier molecular flexibility index (Phi) is 5.55. The number of carbonyl (C=O) groups excluding carboxylic acids is 2. The predicted molar refractivity (Wildman–Crippen MR) is 109 cm³/mol. The first-order valence-electron chi connectivity index (χ1n) is 9.92. The Morgan fingerprint density at radius 1 is 1.17 bits per heavy atom. The summed E-state index contributed by atoms with van der Waals surface area (Å²) >= 11 is 0. The minimum Gasteiger partial charge on any atom is -0.355 e. The van der Waals surface area contributed by atoms with E-state index in [1.807, 2.05) is 36.1 Å². The summed E-state index contributed by atoms with van der Waals surface area (Å²) in [4.78, 5) is 41.4. The summed E-state index contributed by atoms with van der Waals surface area (Å²) in [6.45, 7) is 5.04. The molecule has 2 amide bonds. The van der Waals surface area contributed by atoms with Gasteiger partial charge in [-0.05, 0) is 25.5 Å². The van der Waals surface area contributed by atoms with Gasteiger partial charge in [-0.15, -0.1) is 0 Å². The Labute approximate surface area is 169 Å². The molecule has 0 spiro atoms. The molecule has 9 nitrogen and oxygen atoms in total. The van der Waals surface area contributed by atoms with Gasteiger partial charge in [0.1, 0.15) is 23.3 Å². The van der Waals surface area contributed by atoms with E-state index in [4.69, 9.17) is 0 Å². The topological polar surface area (TPSA) is 103 Å².